The van der Waals surface area contributed by atoms with Gasteiger partial charge in [0.1, 0.15) is 0 Å². The summed E-state index contributed by atoms with van der Waals surface area (Å²) in [6.45, 7) is 2.23. The SMILES string of the molecule is CCCC(Nc1ccc(SC)cc1)c1ccccc1. The highest BCUT2D eigenvalue weighted by Crippen LogP contribution is 2.25. The van der Waals surface area contributed by atoms with Gasteiger partial charge in [-0.1, -0.05) is 43.7 Å². The third-order valence-electron chi connectivity index (χ3n) is 3.21. The van der Waals surface area contributed by atoms with Crippen molar-refractivity contribution < 1.29 is 0 Å². The fraction of sp³-hybridized carbons (Fsp3) is 0.294. The van der Waals surface area contributed by atoms with Crippen LogP contribution in [0.25, 0.3) is 0 Å². The fourth-order valence-electron chi connectivity index (χ4n) is 2.18. The lowest BCUT2D eigenvalue weighted by molar-refractivity contribution is 0.677. The van der Waals surface area contributed by atoms with Crippen molar-refractivity contribution in [1.82, 2.24) is 0 Å². The molecule has 2 aromatic rings. The summed E-state index contributed by atoms with van der Waals surface area (Å²) in [4.78, 5) is 1.30. The molecule has 0 saturated carbocycles. The summed E-state index contributed by atoms with van der Waals surface area (Å²) in [5.41, 5.74) is 2.55. The standard InChI is InChI=1S/C17H21NS/c1-3-7-17(14-8-5-4-6-9-14)18-15-10-12-16(19-2)13-11-15/h4-6,8-13,17-18H,3,7H2,1-2H3. The van der Waals surface area contributed by atoms with E-state index in [1.54, 1.807) is 11.8 Å². The van der Waals surface area contributed by atoms with Crippen molar-refractivity contribution in [3.63, 3.8) is 0 Å². The van der Waals surface area contributed by atoms with Crippen molar-refractivity contribution in [3.8, 4) is 0 Å². The van der Waals surface area contributed by atoms with Gasteiger partial charge in [0.05, 0.1) is 6.04 Å². The molecule has 0 aliphatic carbocycles. The molecule has 2 rings (SSSR count). The molecule has 0 aromatic heterocycles. The Labute approximate surface area is 120 Å². The second-order valence-corrected chi connectivity index (χ2v) is 5.50. The lowest BCUT2D eigenvalue weighted by Crippen LogP contribution is -2.10. The number of nitrogens with one attached hydrogen (secondary N) is 1. The van der Waals surface area contributed by atoms with Crippen LogP contribution in [0.2, 0.25) is 0 Å². The first kappa shape index (κ1) is 14.0. The van der Waals surface area contributed by atoms with Crippen molar-refractivity contribution in [2.24, 2.45) is 0 Å². The number of anilines is 1. The summed E-state index contributed by atoms with van der Waals surface area (Å²) >= 11 is 1.78. The predicted molar refractivity (Wildman–Crippen MR) is 85.9 cm³/mol. The Morgan fingerprint density at radius 2 is 1.68 bits per heavy atom. The van der Waals surface area contributed by atoms with E-state index >= 15 is 0 Å². The topological polar surface area (TPSA) is 12.0 Å². The van der Waals surface area contributed by atoms with Crippen LogP contribution in [0, 0.1) is 0 Å². The summed E-state index contributed by atoms with van der Waals surface area (Å²) in [7, 11) is 0. The molecule has 0 amide bonds. The van der Waals surface area contributed by atoms with E-state index < -0.39 is 0 Å². The molecule has 100 valence electrons. The summed E-state index contributed by atoms with van der Waals surface area (Å²) in [6.07, 6.45) is 4.43. The predicted octanol–water partition coefficient (Wildman–Crippen LogP) is 5.36. The molecule has 0 bridgehead atoms. The van der Waals surface area contributed by atoms with Crippen LogP contribution in [0.3, 0.4) is 0 Å². The maximum absolute atomic E-state index is 3.64. The molecule has 1 unspecified atom stereocenters. The molecule has 0 aliphatic heterocycles. The van der Waals surface area contributed by atoms with Crippen LogP contribution in [0.4, 0.5) is 5.69 Å². The number of rotatable bonds is 6. The summed E-state index contributed by atoms with van der Waals surface area (Å²) in [6, 6.07) is 19.7. The molecule has 0 aliphatic rings. The van der Waals surface area contributed by atoms with E-state index in [-0.39, 0.29) is 0 Å². The Hall–Kier alpha value is -1.41. The third kappa shape index (κ3) is 4.03. The average molecular weight is 271 g/mol. The first-order valence-corrected chi connectivity index (χ1v) is 8.01. The molecule has 19 heavy (non-hydrogen) atoms. The quantitative estimate of drug-likeness (QED) is 0.710. The van der Waals surface area contributed by atoms with Crippen molar-refractivity contribution in [3.05, 3.63) is 60.2 Å². The van der Waals surface area contributed by atoms with Gasteiger partial charge in [-0.05, 0) is 42.5 Å². The summed E-state index contributed by atoms with van der Waals surface area (Å²) < 4.78 is 0. The van der Waals surface area contributed by atoms with Gasteiger partial charge in [0.15, 0.2) is 0 Å². The van der Waals surface area contributed by atoms with Gasteiger partial charge in [-0.3, -0.25) is 0 Å². The lowest BCUT2D eigenvalue weighted by Gasteiger charge is -2.20. The highest BCUT2D eigenvalue weighted by Gasteiger charge is 2.09. The first-order chi connectivity index (χ1) is 9.33. The van der Waals surface area contributed by atoms with E-state index in [2.05, 4.69) is 73.1 Å². The zero-order valence-corrected chi connectivity index (χ0v) is 12.4. The van der Waals surface area contributed by atoms with Crippen LogP contribution in [0.1, 0.15) is 31.4 Å². The molecule has 0 saturated heterocycles. The van der Waals surface area contributed by atoms with Crippen molar-refractivity contribution in [2.45, 2.75) is 30.7 Å². The van der Waals surface area contributed by atoms with Crippen molar-refractivity contribution in [2.75, 3.05) is 11.6 Å². The van der Waals surface area contributed by atoms with Gasteiger partial charge in [-0.15, -0.1) is 11.8 Å². The minimum absolute atomic E-state index is 0.395. The fourth-order valence-corrected chi connectivity index (χ4v) is 2.59. The van der Waals surface area contributed by atoms with Crippen molar-refractivity contribution >= 4 is 17.4 Å². The maximum Gasteiger partial charge on any atom is 0.0513 e. The van der Waals surface area contributed by atoms with Gasteiger partial charge in [0, 0.05) is 10.6 Å². The average Bonchev–Trinajstić information content (AvgIpc) is 2.48. The summed E-state index contributed by atoms with van der Waals surface area (Å²) in [5.74, 6) is 0. The van der Waals surface area contributed by atoms with Gasteiger partial charge in [-0.2, -0.15) is 0 Å². The van der Waals surface area contributed by atoms with Gasteiger partial charge >= 0.3 is 0 Å². The molecular weight excluding hydrogens is 250 g/mol. The first-order valence-electron chi connectivity index (χ1n) is 6.79. The minimum atomic E-state index is 0.395. The van der Waals surface area contributed by atoms with Crippen LogP contribution in [-0.4, -0.2) is 6.26 Å². The number of thioether (sulfide) groups is 1. The number of hydrogen-bond donors (Lipinski definition) is 1. The highest BCUT2D eigenvalue weighted by molar-refractivity contribution is 7.98. The van der Waals surface area contributed by atoms with E-state index in [0.717, 1.165) is 6.42 Å². The zero-order valence-electron chi connectivity index (χ0n) is 11.6. The summed E-state index contributed by atoms with van der Waals surface area (Å²) in [5, 5.41) is 3.64. The molecular formula is C17H21NS. The van der Waals surface area contributed by atoms with Crippen LogP contribution < -0.4 is 5.32 Å². The second-order valence-electron chi connectivity index (χ2n) is 4.62. The Balaban J connectivity index is 2.11. The monoisotopic (exact) mass is 271 g/mol. The Bertz CT molecular complexity index is 478. The van der Waals surface area contributed by atoms with E-state index in [1.165, 1.54) is 22.6 Å². The third-order valence-corrected chi connectivity index (χ3v) is 3.95. The smallest absolute Gasteiger partial charge is 0.0513 e. The van der Waals surface area contributed by atoms with Gasteiger partial charge in [0.2, 0.25) is 0 Å². The zero-order chi connectivity index (χ0) is 13.5. The number of benzene rings is 2. The molecule has 0 heterocycles. The minimum Gasteiger partial charge on any atom is -0.378 e. The Morgan fingerprint density at radius 1 is 1.00 bits per heavy atom. The lowest BCUT2D eigenvalue weighted by atomic mass is 10.0. The molecule has 0 radical (unpaired) electrons. The Morgan fingerprint density at radius 3 is 2.26 bits per heavy atom. The molecule has 0 spiro atoms. The molecule has 2 heteroatoms. The van der Waals surface area contributed by atoms with Gasteiger partial charge in [0.25, 0.3) is 0 Å². The number of hydrogen-bond acceptors (Lipinski definition) is 2. The van der Waals surface area contributed by atoms with Crippen LogP contribution in [-0.2, 0) is 0 Å². The Kier molecular flexibility index (Phi) is 5.34. The van der Waals surface area contributed by atoms with Gasteiger partial charge < -0.3 is 5.32 Å². The molecule has 1 nitrogen and oxygen atoms in total. The van der Waals surface area contributed by atoms with Crippen molar-refractivity contribution in [1.29, 1.82) is 0 Å². The highest BCUT2D eigenvalue weighted by atomic mass is 32.2. The molecule has 0 fully saturated rings. The van der Waals surface area contributed by atoms with Crippen LogP contribution in [0.5, 0.6) is 0 Å². The van der Waals surface area contributed by atoms with Crippen LogP contribution >= 0.6 is 11.8 Å². The molecule has 1 atom stereocenters. The van der Waals surface area contributed by atoms with Crippen LogP contribution in [0.15, 0.2) is 59.5 Å². The van der Waals surface area contributed by atoms with Gasteiger partial charge in [-0.25, -0.2) is 0 Å². The van der Waals surface area contributed by atoms with E-state index in [0.29, 0.717) is 6.04 Å². The molecule has 1 N–H and O–H groups in total. The van der Waals surface area contributed by atoms with E-state index in [1.807, 2.05) is 0 Å². The largest absolute Gasteiger partial charge is 0.378 e. The maximum atomic E-state index is 3.64. The molecule has 2 aromatic carbocycles. The van der Waals surface area contributed by atoms with E-state index in [4.69, 9.17) is 0 Å². The normalized spacial score (nSPS) is 12.1. The second kappa shape index (κ2) is 7.25. The van der Waals surface area contributed by atoms with E-state index in [9.17, 15) is 0 Å².